The summed E-state index contributed by atoms with van der Waals surface area (Å²) in [7, 11) is 1.52. The fraction of sp³-hybridized carbons (Fsp3) is 0.348. The van der Waals surface area contributed by atoms with Crippen molar-refractivity contribution in [3.8, 4) is 11.5 Å². The van der Waals surface area contributed by atoms with E-state index in [1.807, 2.05) is 6.92 Å². The number of pyridine rings is 2. The van der Waals surface area contributed by atoms with Crippen LogP contribution in [-0.4, -0.2) is 34.8 Å². The molecule has 3 N–H and O–H groups in total. The molecule has 0 aliphatic carbocycles. The van der Waals surface area contributed by atoms with E-state index in [9.17, 15) is 14.7 Å². The normalized spacial score (nSPS) is 11.9. The summed E-state index contributed by atoms with van der Waals surface area (Å²) in [5.41, 5.74) is 1.03. The van der Waals surface area contributed by atoms with Crippen LogP contribution in [0, 0.1) is 5.92 Å². The Balaban J connectivity index is 1.87. The van der Waals surface area contributed by atoms with Crippen LogP contribution >= 0.6 is 23.2 Å². The van der Waals surface area contributed by atoms with Gasteiger partial charge in [-0.3, -0.25) is 14.6 Å². The fourth-order valence-corrected chi connectivity index (χ4v) is 3.98. The minimum atomic E-state index is -0.777. The molecule has 0 fully saturated rings. The number of H-pyrrole nitrogens is 1. The zero-order chi connectivity index (χ0) is 24.0. The number of carboxylic acids is 1. The van der Waals surface area contributed by atoms with Crippen molar-refractivity contribution < 1.29 is 19.4 Å². The van der Waals surface area contributed by atoms with Crippen LogP contribution in [0.2, 0.25) is 10.0 Å². The Bertz CT molecular complexity index is 1180. The van der Waals surface area contributed by atoms with Crippen molar-refractivity contribution in [2.45, 2.75) is 32.6 Å². The third-order valence-electron chi connectivity index (χ3n) is 5.30. The molecule has 0 saturated heterocycles. The third-order valence-corrected chi connectivity index (χ3v) is 5.88. The molecule has 2 heterocycles. The number of aromatic nitrogens is 2. The van der Waals surface area contributed by atoms with E-state index in [0.29, 0.717) is 76.1 Å². The minimum absolute atomic E-state index is 0.313. The average molecular weight is 494 g/mol. The number of hydrogen-bond donors (Lipinski definition) is 3. The first kappa shape index (κ1) is 24.7. The number of rotatable bonds is 11. The van der Waals surface area contributed by atoms with E-state index >= 15 is 0 Å². The fourth-order valence-electron chi connectivity index (χ4n) is 3.52. The van der Waals surface area contributed by atoms with Gasteiger partial charge in [0.05, 0.1) is 46.6 Å². The highest BCUT2D eigenvalue weighted by Gasteiger charge is 2.17. The molecule has 0 radical (unpaired) electrons. The lowest BCUT2D eigenvalue weighted by Gasteiger charge is -2.16. The summed E-state index contributed by atoms with van der Waals surface area (Å²) in [5.74, 6) is -0.268. The second-order valence-electron chi connectivity index (χ2n) is 7.46. The van der Waals surface area contributed by atoms with Gasteiger partial charge in [0.25, 0.3) is 5.56 Å². The summed E-state index contributed by atoms with van der Waals surface area (Å²) < 4.78 is 11.4. The van der Waals surface area contributed by atoms with E-state index in [2.05, 4.69) is 15.3 Å². The molecule has 176 valence electrons. The van der Waals surface area contributed by atoms with Crippen molar-refractivity contribution >= 4 is 51.4 Å². The molecule has 33 heavy (non-hydrogen) atoms. The smallest absolute Gasteiger partial charge is 0.306 e. The molecule has 0 amide bonds. The number of aromatic amines is 1. The molecule has 0 spiro atoms. The van der Waals surface area contributed by atoms with Crippen LogP contribution in [0.25, 0.3) is 10.9 Å². The summed E-state index contributed by atoms with van der Waals surface area (Å²) in [4.78, 5) is 30.4. The maximum absolute atomic E-state index is 12.4. The van der Waals surface area contributed by atoms with Gasteiger partial charge in [-0.2, -0.15) is 0 Å². The Morgan fingerprint density at radius 2 is 1.97 bits per heavy atom. The number of carbonyl (C=O) groups is 1. The summed E-state index contributed by atoms with van der Waals surface area (Å²) in [6.07, 6.45) is 5.45. The molecule has 1 atom stereocenters. The SMILES string of the molecule is CCC(CCCCOc1c(OC)ccc2c(Nc3c(Cl)cncc3Cl)cc(=O)[nH]c12)C(=O)O. The van der Waals surface area contributed by atoms with Gasteiger partial charge in [-0.1, -0.05) is 30.1 Å². The summed E-state index contributed by atoms with van der Waals surface area (Å²) in [5, 5.41) is 13.6. The first-order valence-corrected chi connectivity index (χ1v) is 11.3. The Hall–Kier alpha value is -2.97. The van der Waals surface area contributed by atoms with Crippen LogP contribution in [0.4, 0.5) is 11.4 Å². The van der Waals surface area contributed by atoms with Gasteiger partial charge in [0.2, 0.25) is 0 Å². The number of aliphatic carboxylic acids is 1. The van der Waals surface area contributed by atoms with Crippen LogP contribution < -0.4 is 20.3 Å². The highest BCUT2D eigenvalue weighted by molar-refractivity contribution is 6.39. The van der Waals surface area contributed by atoms with E-state index in [4.69, 9.17) is 32.7 Å². The number of nitrogens with zero attached hydrogens (tertiary/aromatic N) is 1. The number of hydrogen-bond acceptors (Lipinski definition) is 6. The maximum atomic E-state index is 12.4. The van der Waals surface area contributed by atoms with E-state index in [1.54, 1.807) is 12.1 Å². The van der Waals surface area contributed by atoms with Gasteiger partial charge in [0.1, 0.15) is 0 Å². The number of fused-ring (bicyclic) bond motifs is 1. The van der Waals surface area contributed by atoms with Gasteiger partial charge in [0.15, 0.2) is 11.5 Å². The Kier molecular flexibility index (Phi) is 8.41. The van der Waals surface area contributed by atoms with E-state index in [0.717, 1.165) is 0 Å². The Morgan fingerprint density at radius 1 is 1.24 bits per heavy atom. The van der Waals surface area contributed by atoms with Crippen molar-refractivity contribution in [2.24, 2.45) is 5.92 Å². The van der Waals surface area contributed by atoms with E-state index < -0.39 is 5.97 Å². The van der Waals surface area contributed by atoms with Crippen LogP contribution in [0.3, 0.4) is 0 Å². The summed E-state index contributed by atoms with van der Waals surface area (Å²) in [6, 6.07) is 4.94. The standard InChI is InChI=1S/C23H25Cl2N3O5/c1-3-13(23(30)31)6-4-5-9-33-22-18(32-2)8-7-14-17(10-19(29)28-20(14)22)27-21-15(24)11-26-12-16(21)25/h7-8,10-13H,3-6,9H2,1-2H3,(H,30,31)(H2,26,27,28,29). The Labute approximate surface area is 200 Å². The van der Waals surface area contributed by atoms with Crippen LogP contribution in [-0.2, 0) is 4.79 Å². The van der Waals surface area contributed by atoms with Crippen molar-refractivity contribution in [2.75, 3.05) is 19.0 Å². The number of unbranched alkanes of at least 4 members (excludes halogenated alkanes) is 1. The molecule has 0 saturated carbocycles. The van der Waals surface area contributed by atoms with E-state index in [1.165, 1.54) is 25.6 Å². The highest BCUT2D eigenvalue weighted by atomic mass is 35.5. The van der Waals surface area contributed by atoms with Crippen molar-refractivity contribution in [3.05, 3.63) is 51.0 Å². The zero-order valence-corrected chi connectivity index (χ0v) is 19.8. The number of methoxy groups -OCH3 is 1. The van der Waals surface area contributed by atoms with Crippen molar-refractivity contribution in [1.82, 2.24) is 9.97 Å². The first-order valence-electron chi connectivity index (χ1n) is 10.5. The maximum Gasteiger partial charge on any atom is 0.306 e. The van der Waals surface area contributed by atoms with Crippen LogP contribution in [0.5, 0.6) is 11.5 Å². The van der Waals surface area contributed by atoms with Crippen molar-refractivity contribution in [3.63, 3.8) is 0 Å². The molecular weight excluding hydrogens is 469 g/mol. The van der Waals surface area contributed by atoms with Gasteiger partial charge >= 0.3 is 5.97 Å². The number of halogens is 2. The predicted molar refractivity (Wildman–Crippen MR) is 129 cm³/mol. The molecule has 8 nitrogen and oxygen atoms in total. The molecule has 3 aromatic rings. The zero-order valence-electron chi connectivity index (χ0n) is 18.3. The lowest BCUT2D eigenvalue weighted by Crippen LogP contribution is -2.13. The van der Waals surface area contributed by atoms with Gasteiger partial charge in [-0.25, -0.2) is 0 Å². The highest BCUT2D eigenvalue weighted by Crippen LogP contribution is 2.39. The molecule has 1 aromatic carbocycles. The number of anilines is 2. The van der Waals surface area contributed by atoms with Gasteiger partial charge in [-0.05, 0) is 37.8 Å². The van der Waals surface area contributed by atoms with Crippen molar-refractivity contribution in [1.29, 1.82) is 0 Å². The lowest BCUT2D eigenvalue weighted by molar-refractivity contribution is -0.142. The number of ether oxygens (including phenoxy) is 2. The van der Waals surface area contributed by atoms with Gasteiger partial charge < -0.3 is 24.9 Å². The largest absolute Gasteiger partial charge is 0.493 e. The number of carboxylic acid groups (broad SMARTS) is 1. The number of benzene rings is 1. The summed E-state index contributed by atoms with van der Waals surface area (Å²) in [6.45, 7) is 2.21. The summed E-state index contributed by atoms with van der Waals surface area (Å²) >= 11 is 12.4. The Morgan fingerprint density at radius 3 is 2.61 bits per heavy atom. The average Bonchev–Trinajstić information content (AvgIpc) is 2.78. The van der Waals surface area contributed by atoms with Crippen LogP contribution in [0.15, 0.2) is 35.4 Å². The molecule has 1 unspecified atom stereocenters. The second-order valence-corrected chi connectivity index (χ2v) is 8.27. The number of nitrogens with one attached hydrogen (secondary N) is 2. The topological polar surface area (TPSA) is 114 Å². The monoisotopic (exact) mass is 493 g/mol. The minimum Gasteiger partial charge on any atom is -0.493 e. The second kappa shape index (κ2) is 11.2. The lowest BCUT2D eigenvalue weighted by atomic mass is 10.00. The first-order chi connectivity index (χ1) is 15.8. The van der Waals surface area contributed by atoms with Gasteiger partial charge in [-0.15, -0.1) is 0 Å². The quantitative estimate of drug-likeness (QED) is 0.296. The van der Waals surface area contributed by atoms with Gasteiger partial charge in [0, 0.05) is 23.8 Å². The van der Waals surface area contributed by atoms with Crippen LogP contribution in [0.1, 0.15) is 32.6 Å². The predicted octanol–water partition coefficient (Wildman–Crippen LogP) is 5.64. The molecule has 0 aliphatic heterocycles. The third kappa shape index (κ3) is 5.89. The molecular formula is C23H25Cl2N3O5. The molecule has 3 rings (SSSR count). The van der Waals surface area contributed by atoms with E-state index in [-0.39, 0.29) is 11.5 Å². The molecule has 2 aromatic heterocycles. The molecule has 0 bridgehead atoms. The molecule has 0 aliphatic rings. The molecule has 10 heteroatoms.